The fourth-order valence-corrected chi connectivity index (χ4v) is 13.5. The monoisotopic (exact) mass is 1360 g/mol. The molecule has 0 aliphatic heterocycles. The molecule has 0 unspecified atom stereocenters. The first kappa shape index (κ1) is 70.6. The molecular weight excluding hydrogens is 1240 g/mol. The molecule has 6 nitrogen and oxygen atoms in total. The summed E-state index contributed by atoms with van der Waals surface area (Å²) in [6.45, 7) is 42.6. The molecule has 12 rings (SSSR count). The van der Waals surface area contributed by atoms with Gasteiger partial charge >= 0.3 is 0 Å². The summed E-state index contributed by atoms with van der Waals surface area (Å²) in [7, 11) is 12.6. The lowest BCUT2D eigenvalue weighted by molar-refractivity contribution is -0.667. The minimum absolute atomic E-state index is 0.395. The molecule has 6 heteroatoms. The quantitative estimate of drug-likeness (QED) is 0.148. The average Bonchev–Trinajstić information content (AvgIpc) is 0.764. The van der Waals surface area contributed by atoms with Crippen molar-refractivity contribution in [2.24, 2.45) is 42.3 Å². The van der Waals surface area contributed by atoms with Gasteiger partial charge in [-0.25, -0.2) is 0 Å². The van der Waals surface area contributed by atoms with Gasteiger partial charge in [-0.15, -0.1) is 0 Å². The molecule has 12 aromatic rings. The van der Waals surface area contributed by atoms with E-state index in [0.717, 1.165) is 44.9 Å². The van der Waals surface area contributed by atoms with E-state index in [2.05, 4.69) is 333 Å². The summed E-state index contributed by atoms with van der Waals surface area (Å²) >= 11 is 0. The lowest BCUT2D eigenvalue weighted by Crippen LogP contribution is -2.35. The molecule has 0 N–H and O–H groups in total. The first-order chi connectivity index (χ1) is 50.5. The van der Waals surface area contributed by atoms with E-state index in [1.165, 1.54) is 146 Å². The summed E-state index contributed by atoms with van der Waals surface area (Å²) in [5.74, 6) is 0. The van der Waals surface area contributed by atoms with Gasteiger partial charge < -0.3 is 0 Å². The fraction of sp³-hybridized carbons (Fsp3) is 0.312. The zero-order valence-corrected chi connectivity index (χ0v) is 67.0. The molecule has 0 fully saturated rings. The predicted molar refractivity (Wildman–Crippen MR) is 432 cm³/mol. The van der Waals surface area contributed by atoms with Crippen LogP contribution < -0.4 is 27.4 Å². The molecule has 6 aromatic heterocycles. The van der Waals surface area contributed by atoms with Gasteiger partial charge in [0.15, 0.2) is 34.2 Å². The highest BCUT2D eigenvalue weighted by Gasteiger charge is 2.24. The summed E-state index contributed by atoms with van der Waals surface area (Å²) in [6, 6.07) is 63.2. The predicted octanol–water partition coefficient (Wildman–Crippen LogP) is 20.5. The number of rotatable bonds is 6. The zero-order chi connectivity index (χ0) is 80.5. The Bertz CT molecular complexity index is 5100. The Morgan fingerprint density at radius 2 is 0.431 bits per heavy atom. The van der Waals surface area contributed by atoms with Crippen molar-refractivity contribution in [2.75, 3.05) is 0 Å². The molecule has 0 aliphatic rings. The number of nitrogens with zero attached hydrogens (tertiary/aromatic N) is 6. The highest BCUT2D eigenvalue weighted by molar-refractivity contribution is 5.70. The van der Waals surface area contributed by atoms with E-state index in [0.29, 0.717) is 11.1 Å². The molecular formula is C96H120N6+6. The van der Waals surface area contributed by atoms with Gasteiger partial charge in [0.05, 0.1) is 0 Å². The van der Waals surface area contributed by atoms with Gasteiger partial charge in [-0.3, -0.25) is 0 Å². The van der Waals surface area contributed by atoms with Crippen LogP contribution in [0.25, 0.3) is 67.5 Å². The van der Waals surface area contributed by atoms with E-state index in [4.69, 9.17) is 8.22 Å². The fourth-order valence-electron chi connectivity index (χ4n) is 13.5. The van der Waals surface area contributed by atoms with Crippen molar-refractivity contribution >= 4 is 0 Å². The van der Waals surface area contributed by atoms with Crippen LogP contribution in [-0.4, -0.2) is 0 Å². The summed E-state index contributed by atoms with van der Waals surface area (Å²) in [4.78, 5) is 0. The standard InChI is InChI=1S/6C16H20N/c2*1-11-6-9-15(13(3)10-11)16-12(2)7-8-14(4)17(16)5;2*1-11-6-7-12(2)15(10-11)16-13(3)8-9-14(4)17(16)5;2*1-11-7-6-8-15(14(11)4)16-12(2)9-10-13(3)17(16)5/h6*6-10H,1-5H3/q6*+1/i1D3;;;;1D3;. The second-order valence-electron chi connectivity index (χ2n) is 28.6. The maximum Gasteiger partial charge on any atom is 0.215 e. The zero-order valence-electron chi connectivity index (χ0n) is 73.0. The largest absolute Gasteiger partial charge is 0.215 e. The van der Waals surface area contributed by atoms with Crippen LogP contribution in [-0.2, 0) is 42.3 Å². The third-order valence-electron chi connectivity index (χ3n) is 20.7. The molecule has 102 heavy (non-hydrogen) atoms. The SMILES string of the molecule is Cc1ccc(-c2c(C)ccc(C)[n+]2C)c(C)c1.Cc1ccc(C)c(-c2c(C)ccc(C)[n+]2C)c1.Cc1ccc(C)c(-c2c(C)ccc(C)[n+]2C)c1.Cc1cccc(-c2c(C)ccc(C)[n+]2C)c1C.[2H]C([2H])([2H])c1ccc(-c2c(C)ccc(C)[n+]2C)c(C)c1.[2H]C([2H])([2H])c1cccc(-c2c(C)ccc(C)[n+]2C)c1C. The molecule has 0 saturated carbocycles. The van der Waals surface area contributed by atoms with Crippen LogP contribution in [0.2, 0.25) is 0 Å². The lowest BCUT2D eigenvalue weighted by Gasteiger charge is -2.10. The number of hydrogen-bond acceptors (Lipinski definition) is 0. The molecule has 528 valence electrons. The second kappa shape index (κ2) is 34.7. The molecule has 0 bridgehead atoms. The first-order valence-corrected chi connectivity index (χ1v) is 35.8. The molecule has 0 aliphatic carbocycles. The molecule has 0 amide bonds. The first-order valence-electron chi connectivity index (χ1n) is 38.8. The highest BCUT2D eigenvalue weighted by Crippen LogP contribution is 2.31. The Morgan fingerprint density at radius 3 is 0.735 bits per heavy atom. The Morgan fingerprint density at radius 1 is 0.186 bits per heavy atom. The lowest BCUT2D eigenvalue weighted by atomic mass is 9.97. The van der Waals surface area contributed by atoms with Crippen molar-refractivity contribution in [1.82, 2.24) is 0 Å². The highest BCUT2D eigenvalue weighted by atomic mass is 15.0. The summed E-state index contributed by atoms with van der Waals surface area (Å²) in [6.07, 6.45) is 0. The van der Waals surface area contributed by atoms with Crippen LogP contribution in [0.5, 0.6) is 0 Å². The van der Waals surface area contributed by atoms with Crippen molar-refractivity contribution in [3.8, 4) is 67.5 Å². The number of aromatic nitrogens is 6. The smallest absolute Gasteiger partial charge is 0.198 e. The van der Waals surface area contributed by atoms with Gasteiger partial charge in [0.2, 0.25) is 34.2 Å². The minimum atomic E-state index is -2.07. The van der Waals surface area contributed by atoms with E-state index in [1.54, 1.807) is 18.2 Å². The van der Waals surface area contributed by atoms with Gasteiger partial charge in [-0.2, -0.15) is 27.4 Å². The number of benzene rings is 6. The maximum absolute atomic E-state index is 7.65. The molecule has 6 aromatic carbocycles. The van der Waals surface area contributed by atoms with Crippen LogP contribution in [0, 0.1) is 166 Å². The molecule has 0 radical (unpaired) electrons. The van der Waals surface area contributed by atoms with Gasteiger partial charge in [0.1, 0.15) is 42.3 Å². The van der Waals surface area contributed by atoms with Crippen LogP contribution in [0.3, 0.4) is 0 Å². The minimum Gasteiger partial charge on any atom is -0.198 e. The number of aryl methyl sites for hydroxylation is 22. The second-order valence-corrected chi connectivity index (χ2v) is 28.6. The van der Waals surface area contributed by atoms with Crippen LogP contribution in [0.4, 0.5) is 0 Å². The number of pyridine rings is 6. The molecule has 0 spiro atoms. The average molecular weight is 1360 g/mol. The van der Waals surface area contributed by atoms with E-state index in [9.17, 15) is 0 Å². The van der Waals surface area contributed by atoms with Gasteiger partial charge in [-0.1, -0.05) is 95.1 Å². The molecule has 0 saturated heterocycles. The van der Waals surface area contributed by atoms with Gasteiger partial charge in [0, 0.05) is 153 Å². The third-order valence-corrected chi connectivity index (χ3v) is 20.7. The van der Waals surface area contributed by atoms with E-state index >= 15 is 0 Å². The Kier molecular flexibility index (Phi) is 24.1. The van der Waals surface area contributed by atoms with Gasteiger partial charge in [0.25, 0.3) is 0 Å². The van der Waals surface area contributed by atoms with Crippen molar-refractivity contribution in [3.63, 3.8) is 0 Å². The Balaban J connectivity index is 0.000000181. The van der Waals surface area contributed by atoms with Crippen molar-refractivity contribution in [3.05, 3.63) is 316 Å². The third kappa shape index (κ3) is 18.7. The Hall–Kier alpha value is -9.78. The topological polar surface area (TPSA) is 23.3 Å². The van der Waals surface area contributed by atoms with Crippen LogP contribution in [0.15, 0.2) is 182 Å². The maximum atomic E-state index is 7.65. The molecule has 6 heterocycles. The van der Waals surface area contributed by atoms with E-state index in [-0.39, 0.29) is 0 Å². The van der Waals surface area contributed by atoms with E-state index in [1.807, 2.05) is 53.1 Å². The number of hydrogen-bond donors (Lipinski definition) is 0. The van der Waals surface area contributed by atoms with Crippen molar-refractivity contribution in [2.45, 2.75) is 166 Å². The van der Waals surface area contributed by atoms with E-state index < -0.39 is 13.7 Å². The Labute approximate surface area is 624 Å². The summed E-state index contributed by atoms with van der Waals surface area (Å²) in [5, 5.41) is 0. The van der Waals surface area contributed by atoms with Crippen LogP contribution >= 0.6 is 0 Å². The summed E-state index contributed by atoms with van der Waals surface area (Å²) < 4.78 is 58.8. The van der Waals surface area contributed by atoms with Crippen molar-refractivity contribution < 1.29 is 35.6 Å². The van der Waals surface area contributed by atoms with Crippen LogP contribution in [0.1, 0.15) is 143 Å². The van der Waals surface area contributed by atoms with Gasteiger partial charge in [-0.05, 0) is 242 Å². The van der Waals surface area contributed by atoms with Crippen molar-refractivity contribution in [1.29, 1.82) is 0 Å². The molecule has 0 atom stereocenters. The summed E-state index contributed by atoms with van der Waals surface area (Å²) in [5.41, 5.74) is 43.3. The normalized spacial score (nSPS) is 11.8.